The summed E-state index contributed by atoms with van der Waals surface area (Å²) < 4.78 is 0. The molecule has 1 heterocycles. The normalized spacial score (nSPS) is 29.0. The SMILES string of the molecule is CC(NC(=O)CN1CCC(C(=O)c2ccc(O)cc2)CC1)C1CC2CCC1C2. The van der Waals surface area contributed by atoms with Crippen LogP contribution in [0.2, 0.25) is 0 Å². The molecule has 1 aromatic rings. The molecule has 4 unspecified atom stereocenters. The number of carbonyl (C=O) groups is 2. The minimum absolute atomic E-state index is 0.0109. The first kappa shape index (κ1) is 19.4. The van der Waals surface area contributed by atoms with E-state index in [1.54, 1.807) is 24.3 Å². The van der Waals surface area contributed by atoms with Crippen molar-refractivity contribution in [2.75, 3.05) is 19.6 Å². The van der Waals surface area contributed by atoms with E-state index < -0.39 is 0 Å². The molecule has 28 heavy (non-hydrogen) atoms. The Labute approximate surface area is 167 Å². The third-order valence-corrected chi connectivity index (χ3v) is 7.30. The number of nitrogens with one attached hydrogen (secondary N) is 1. The number of fused-ring (bicyclic) bond motifs is 2. The fourth-order valence-corrected chi connectivity index (χ4v) is 5.73. The Morgan fingerprint density at radius 3 is 2.43 bits per heavy atom. The van der Waals surface area contributed by atoms with E-state index in [0.717, 1.165) is 37.8 Å². The molecule has 2 N–H and O–H groups in total. The zero-order valence-electron chi connectivity index (χ0n) is 16.8. The van der Waals surface area contributed by atoms with E-state index in [1.165, 1.54) is 25.7 Å². The summed E-state index contributed by atoms with van der Waals surface area (Å²) in [6.45, 7) is 4.17. The summed E-state index contributed by atoms with van der Waals surface area (Å²) in [6, 6.07) is 6.77. The molecule has 2 bridgehead atoms. The molecule has 2 saturated carbocycles. The second kappa shape index (κ2) is 8.24. The van der Waals surface area contributed by atoms with Crippen LogP contribution < -0.4 is 5.32 Å². The number of aromatic hydroxyl groups is 1. The second-order valence-electron chi connectivity index (χ2n) is 9.16. The second-order valence-corrected chi connectivity index (χ2v) is 9.16. The largest absolute Gasteiger partial charge is 0.508 e. The van der Waals surface area contributed by atoms with Crippen LogP contribution >= 0.6 is 0 Å². The van der Waals surface area contributed by atoms with Crippen molar-refractivity contribution in [2.45, 2.75) is 51.5 Å². The van der Waals surface area contributed by atoms with Gasteiger partial charge in [0.2, 0.25) is 5.91 Å². The predicted molar refractivity (Wildman–Crippen MR) is 108 cm³/mol. The van der Waals surface area contributed by atoms with Crippen LogP contribution in [0.3, 0.4) is 0 Å². The van der Waals surface area contributed by atoms with E-state index in [4.69, 9.17) is 0 Å². The smallest absolute Gasteiger partial charge is 0.234 e. The van der Waals surface area contributed by atoms with Crippen molar-refractivity contribution in [3.05, 3.63) is 29.8 Å². The van der Waals surface area contributed by atoms with Crippen molar-refractivity contribution in [3.63, 3.8) is 0 Å². The van der Waals surface area contributed by atoms with Crippen molar-refractivity contribution in [3.8, 4) is 5.75 Å². The maximum Gasteiger partial charge on any atom is 0.234 e. The Hall–Kier alpha value is -1.88. The van der Waals surface area contributed by atoms with Gasteiger partial charge >= 0.3 is 0 Å². The number of hydrogen-bond acceptors (Lipinski definition) is 4. The molecule has 4 rings (SSSR count). The van der Waals surface area contributed by atoms with Crippen LogP contribution in [0.25, 0.3) is 0 Å². The molecular weight excluding hydrogens is 352 g/mol. The Bertz CT molecular complexity index is 709. The molecule has 1 aliphatic heterocycles. The van der Waals surface area contributed by atoms with Crippen LogP contribution in [-0.2, 0) is 4.79 Å². The number of amides is 1. The Kier molecular flexibility index (Phi) is 5.72. The highest BCUT2D eigenvalue weighted by molar-refractivity contribution is 5.98. The lowest BCUT2D eigenvalue weighted by molar-refractivity contribution is -0.123. The Balaban J connectivity index is 1.21. The molecular formula is C23H32N2O3. The summed E-state index contributed by atoms with van der Waals surface area (Å²) in [5, 5.41) is 12.6. The number of benzene rings is 1. The molecule has 0 aromatic heterocycles. The minimum atomic E-state index is 0.0109. The van der Waals surface area contributed by atoms with Crippen LogP contribution in [-0.4, -0.2) is 47.4 Å². The Morgan fingerprint density at radius 1 is 1.11 bits per heavy atom. The molecule has 5 nitrogen and oxygen atoms in total. The van der Waals surface area contributed by atoms with Crippen LogP contribution in [0.1, 0.15) is 55.8 Å². The van der Waals surface area contributed by atoms with Crippen molar-refractivity contribution in [1.29, 1.82) is 0 Å². The van der Waals surface area contributed by atoms with E-state index in [0.29, 0.717) is 18.0 Å². The van der Waals surface area contributed by atoms with Crippen LogP contribution in [0.15, 0.2) is 24.3 Å². The van der Waals surface area contributed by atoms with Crippen LogP contribution in [0, 0.1) is 23.7 Å². The molecule has 5 heteroatoms. The number of hydrogen-bond donors (Lipinski definition) is 2. The van der Waals surface area contributed by atoms with E-state index in [1.807, 2.05) is 0 Å². The van der Waals surface area contributed by atoms with Gasteiger partial charge in [0.05, 0.1) is 6.54 Å². The summed E-state index contributed by atoms with van der Waals surface area (Å²) in [5.41, 5.74) is 0.661. The molecule has 4 atom stereocenters. The predicted octanol–water partition coefficient (Wildman–Crippen LogP) is 3.23. The lowest BCUT2D eigenvalue weighted by Gasteiger charge is -2.32. The summed E-state index contributed by atoms with van der Waals surface area (Å²) >= 11 is 0. The van der Waals surface area contributed by atoms with Crippen LogP contribution in [0.5, 0.6) is 5.75 Å². The van der Waals surface area contributed by atoms with Gasteiger partial charge in [0.15, 0.2) is 5.78 Å². The standard InChI is InChI=1S/C23H32N2O3/c1-15(21-13-16-2-3-19(21)12-16)24-22(27)14-25-10-8-18(9-11-25)23(28)17-4-6-20(26)7-5-17/h4-7,15-16,18-19,21,26H,2-3,8-14H2,1H3,(H,24,27). The highest BCUT2D eigenvalue weighted by Gasteiger charge is 2.42. The lowest BCUT2D eigenvalue weighted by Crippen LogP contribution is -2.47. The number of likely N-dealkylation sites (tertiary alicyclic amines) is 1. The van der Waals surface area contributed by atoms with Gasteiger partial charge in [0.25, 0.3) is 0 Å². The van der Waals surface area contributed by atoms with E-state index >= 15 is 0 Å². The summed E-state index contributed by atoms with van der Waals surface area (Å²) in [5.74, 6) is 2.85. The Morgan fingerprint density at radius 2 is 1.82 bits per heavy atom. The molecule has 0 spiro atoms. The van der Waals surface area contributed by atoms with Crippen molar-refractivity contribution in [2.24, 2.45) is 23.7 Å². The number of nitrogens with zero attached hydrogens (tertiary/aromatic N) is 1. The number of phenols is 1. The number of rotatable bonds is 6. The number of piperidine rings is 1. The topological polar surface area (TPSA) is 69.6 Å². The van der Waals surface area contributed by atoms with Crippen molar-refractivity contribution >= 4 is 11.7 Å². The average Bonchev–Trinajstić information content (AvgIpc) is 3.32. The minimum Gasteiger partial charge on any atom is -0.508 e. The summed E-state index contributed by atoms with van der Waals surface area (Å²) in [4.78, 5) is 27.3. The van der Waals surface area contributed by atoms with Gasteiger partial charge < -0.3 is 10.4 Å². The highest BCUT2D eigenvalue weighted by atomic mass is 16.3. The maximum atomic E-state index is 12.6. The first-order valence-corrected chi connectivity index (χ1v) is 10.8. The first-order valence-electron chi connectivity index (χ1n) is 10.8. The molecule has 3 aliphatic rings. The van der Waals surface area contributed by atoms with Crippen molar-refractivity contribution in [1.82, 2.24) is 10.2 Å². The molecule has 0 radical (unpaired) electrons. The number of phenolic OH excluding ortho intramolecular Hbond substituents is 1. The lowest BCUT2D eigenvalue weighted by atomic mass is 9.84. The van der Waals surface area contributed by atoms with Gasteiger partial charge in [-0.2, -0.15) is 0 Å². The third kappa shape index (κ3) is 4.24. The van der Waals surface area contributed by atoms with E-state index in [9.17, 15) is 14.7 Å². The van der Waals surface area contributed by atoms with Gasteiger partial charge in [0, 0.05) is 17.5 Å². The van der Waals surface area contributed by atoms with Gasteiger partial charge in [-0.3, -0.25) is 14.5 Å². The number of carbonyl (C=O) groups excluding carboxylic acids is 2. The average molecular weight is 385 g/mol. The molecule has 152 valence electrons. The molecule has 2 aliphatic carbocycles. The van der Waals surface area contributed by atoms with Gasteiger partial charge in [-0.25, -0.2) is 0 Å². The van der Waals surface area contributed by atoms with Gasteiger partial charge in [-0.05, 0) is 94.1 Å². The quantitative estimate of drug-likeness (QED) is 0.739. The third-order valence-electron chi connectivity index (χ3n) is 7.30. The number of ketones is 1. The highest BCUT2D eigenvalue weighted by Crippen LogP contribution is 2.49. The molecule has 1 aromatic carbocycles. The summed E-state index contributed by atoms with van der Waals surface area (Å²) in [6.07, 6.45) is 6.96. The van der Waals surface area contributed by atoms with Gasteiger partial charge in [-0.15, -0.1) is 0 Å². The van der Waals surface area contributed by atoms with Gasteiger partial charge in [0.1, 0.15) is 5.75 Å². The fourth-order valence-electron chi connectivity index (χ4n) is 5.73. The van der Waals surface area contributed by atoms with Gasteiger partial charge in [-0.1, -0.05) is 6.42 Å². The van der Waals surface area contributed by atoms with E-state index in [-0.39, 0.29) is 29.4 Å². The zero-order chi connectivity index (χ0) is 19.7. The monoisotopic (exact) mass is 384 g/mol. The molecule has 1 saturated heterocycles. The zero-order valence-corrected chi connectivity index (χ0v) is 16.8. The molecule has 1 amide bonds. The van der Waals surface area contributed by atoms with E-state index in [2.05, 4.69) is 17.1 Å². The maximum absolute atomic E-state index is 12.6. The first-order chi connectivity index (χ1) is 13.5. The van der Waals surface area contributed by atoms with Crippen molar-refractivity contribution < 1.29 is 14.7 Å². The number of Topliss-reactive ketones (excluding diaryl/α,β-unsaturated/α-hetero) is 1. The summed E-state index contributed by atoms with van der Waals surface area (Å²) in [7, 11) is 0. The fraction of sp³-hybridized carbons (Fsp3) is 0.652. The van der Waals surface area contributed by atoms with Crippen LogP contribution in [0.4, 0.5) is 0 Å². The molecule has 3 fully saturated rings.